The van der Waals surface area contributed by atoms with Crippen molar-refractivity contribution < 1.29 is 0 Å². The molecule has 14 heavy (non-hydrogen) atoms. The highest BCUT2D eigenvalue weighted by atomic mass is 14.9. The van der Waals surface area contributed by atoms with E-state index in [1.165, 1.54) is 24.1 Å². The van der Waals surface area contributed by atoms with E-state index in [2.05, 4.69) is 30.2 Å². The molecule has 0 radical (unpaired) electrons. The first kappa shape index (κ1) is 11.2. The number of hydrogen-bond donors (Lipinski definition) is 1. The van der Waals surface area contributed by atoms with Crippen LogP contribution < -0.4 is 5.32 Å². The summed E-state index contributed by atoms with van der Waals surface area (Å²) < 4.78 is 0. The molecule has 0 saturated heterocycles. The second-order valence-electron chi connectivity index (χ2n) is 3.80. The van der Waals surface area contributed by atoms with Gasteiger partial charge in [-0.1, -0.05) is 13.3 Å². The molecule has 0 aromatic carbocycles. The predicted octanol–water partition coefficient (Wildman–Crippen LogP) is 2.32. The molecule has 0 spiro atoms. The second-order valence-corrected chi connectivity index (χ2v) is 3.80. The zero-order valence-electron chi connectivity index (χ0n) is 9.38. The quantitative estimate of drug-likeness (QED) is 0.774. The van der Waals surface area contributed by atoms with Crippen molar-refractivity contribution in [3.05, 3.63) is 29.6 Å². The third kappa shape index (κ3) is 3.46. The highest BCUT2D eigenvalue weighted by Gasteiger charge is 2.06. The monoisotopic (exact) mass is 192 g/mol. The number of pyridine rings is 1. The average Bonchev–Trinajstić information content (AvgIpc) is 2.17. The molecule has 1 N–H and O–H groups in total. The number of aromatic nitrogens is 1. The minimum Gasteiger partial charge on any atom is -0.317 e. The summed E-state index contributed by atoms with van der Waals surface area (Å²) in [6.45, 7) is 4.33. The third-order valence-corrected chi connectivity index (χ3v) is 2.47. The van der Waals surface area contributed by atoms with Crippen LogP contribution in [0.25, 0.3) is 0 Å². The molecule has 0 aliphatic rings. The van der Waals surface area contributed by atoms with E-state index in [0.717, 1.165) is 6.42 Å². The first-order valence-electron chi connectivity index (χ1n) is 5.35. The summed E-state index contributed by atoms with van der Waals surface area (Å²) in [4.78, 5) is 4.37. The molecule has 0 amide bonds. The number of rotatable bonds is 5. The van der Waals surface area contributed by atoms with E-state index >= 15 is 0 Å². The summed E-state index contributed by atoms with van der Waals surface area (Å²) in [5, 5.41) is 3.33. The predicted molar refractivity (Wildman–Crippen MR) is 60.4 cm³/mol. The zero-order valence-corrected chi connectivity index (χ0v) is 9.38. The Kier molecular flexibility index (Phi) is 4.60. The number of likely N-dealkylation sites (N-methyl/N-ethyl adjacent to an activating group) is 1. The van der Waals surface area contributed by atoms with Crippen molar-refractivity contribution in [1.82, 2.24) is 10.3 Å². The Labute approximate surface area is 86.8 Å². The van der Waals surface area contributed by atoms with Gasteiger partial charge in [0.1, 0.15) is 0 Å². The molecule has 0 bridgehead atoms. The van der Waals surface area contributed by atoms with Gasteiger partial charge in [-0.25, -0.2) is 0 Å². The Morgan fingerprint density at radius 3 is 2.86 bits per heavy atom. The topological polar surface area (TPSA) is 24.9 Å². The van der Waals surface area contributed by atoms with Crippen molar-refractivity contribution in [3.8, 4) is 0 Å². The van der Waals surface area contributed by atoms with Gasteiger partial charge in [-0.05, 0) is 38.1 Å². The lowest BCUT2D eigenvalue weighted by atomic mass is 10.1. The summed E-state index contributed by atoms with van der Waals surface area (Å²) in [6.07, 6.45) is 5.36. The van der Waals surface area contributed by atoms with E-state index in [1.54, 1.807) is 0 Å². The smallest absolute Gasteiger partial charge is 0.0421 e. The Bertz CT molecular complexity index is 271. The van der Waals surface area contributed by atoms with E-state index in [0.29, 0.717) is 6.04 Å². The summed E-state index contributed by atoms with van der Waals surface area (Å²) in [6, 6.07) is 4.77. The van der Waals surface area contributed by atoms with Gasteiger partial charge in [0.2, 0.25) is 0 Å². The minimum absolute atomic E-state index is 0.564. The van der Waals surface area contributed by atoms with Gasteiger partial charge in [0.25, 0.3) is 0 Å². The van der Waals surface area contributed by atoms with Crippen LogP contribution in [-0.4, -0.2) is 18.1 Å². The van der Waals surface area contributed by atoms with E-state index in [4.69, 9.17) is 0 Å². The van der Waals surface area contributed by atoms with Gasteiger partial charge in [-0.15, -0.1) is 0 Å². The van der Waals surface area contributed by atoms with E-state index in [-0.39, 0.29) is 0 Å². The Morgan fingerprint density at radius 1 is 1.50 bits per heavy atom. The average molecular weight is 192 g/mol. The van der Waals surface area contributed by atoms with Crippen LogP contribution in [0.1, 0.15) is 31.0 Å². The molecule has 1 unspecified atom stereocenters. The van der Waals surface area contributed by atoms with Gasteiger partial charge in [0.15, 0.2) is 0 Å². The van der Waals surface area contributed by atoms with Crippen molar-refractivity contribution in [2.45, 2.75) is 39.2 Å². The van der Waals surface area contributed by atoms with Gasteiger partial charge in [0, 0.05) is 24.4 Å². The van der Waals surface area contributed by atoms with E-state index in [9.17, 15) is 0 Å². The van der Waals surface area contributed by atoms with Gasteiger partial charge in [0.05, 0.1) is 0 Å². The van der Waals surface area contributed by atoms with Crippen molar-refractivity contribution in [2.24, 2.45) is 0 Å². The van der Waals surface area contributed by atoms with Gasteiger partial charge in [-0.3, -0.25) is 4.98 Å². The number of nitrogens with one attached hydrogen (secondary N) is 1. The lowest BCUT2D eigenvalue weighted by Crippen LogP contribution is -2.27. The summed E-state index contributed by atoms with van der Waals surface area (Å²) in [5.74, 6) is 0. The van der Waals surface area contributed by atoms with Gasteiger partial charge >= 0.3 is 0 Å². The first-order chi connectivity index (χ1) is 6.76. The maximum atomic E-state index is 4.37. The molecule has 2 heteroatoms. The van der Waals surface area contributed by atoms with Crippen LogP contribution in [0.5, 0.6) is 0 Å². The summed E-state index contributed by atoms with van der Waals surface area (Å²) >= 11 is 0. The second kappa shape index (κ2) is 5.76. The molecule has 1 heterocycles. The van der Waals surface area contributed by atoms with E-state index in [1.807, 2.05) is 19.3 Å². The van der Waals surface area contributed by atoms with Crippen molar-refractivity contribution in [1.29, 1.82) is 0 Å². The zero-order chi connectivity index (χ0) is 10.4. The van der Waals surface area contributed by atoms with Crippen molar-refractivity contribution in [3.63, 3.8) is 0 Å². The normalized spacial score (nSPS) is 12.8. The van der Waals surface area contributed by atoms with Crippen LogP contribution in [0, 0.1) is 6.92 Å². The molecular weight excluding hydrogens is 172 g/mol. The van der Waals surface area contributed by atoms with Crippen LogP contribution in [0.2, 0.25) is 0 Å². The fourth-order valence-corrected chi connectivity index (χ4v) is 1.66. The lowest BCUT2D eigenvalue weighted by Gasteiger charge is -2.14. The fraction of sp³-hybridized carbons (Fsp3) is 0.583. The molecule has 0 aliphatic heterocycles. The SMILES string of the molecule is CCCC(Cc1cc(C)ccn1)NC. The molecule has 2 nitrogen and oxygen atoms in total. The van der Waals surface area contributed by atoms with Crippen LogP contribution in [-0.2, 0) is 6.42 Å². The standard InChI is InChI=1S/C12H20N2/c1-4-5-11(13-3)9-12-8-10(2)6-7-14-12/h6-8,11,13H,4-5,9H2,1-3H3. The van der Waals surface area contributed by atoms with Crippen LogP contribution in [0.3, 0.4) is 0 Å². The Hall–Kier alpha value is -0.890. The minimum atomic E-state index is 0.564. The number of hydrogen-bond acceptors (Lipinski definition) is 2. The highest BCUT2D eigenvalue weighted by Crippen LogP contribution is 2.06. The molecule has 1 aromatic heterocycles. The number of nitrogens with zero attached hydrogens (tertiary/aromatic N) is 1. The molecule has 78 valence electrons. The molecule has 0 saturated carbocycles. The maximum absolute atomic E-state index is 4.37. The largest absolute Gasteiger partial charge is 0.317 e. The van der Waals surface area contributed by atoms with E-state index < -0.39 is 0 Å². The molecule has 1 atom stereocenters. The lowest BCUT2D eigenvalue weighted by molar-refractivity contribution is 0.509. The van der Waals surface area contributed by atoms with Crippen molar-refractivity contribution >= 4 is 0 Å². The molecule has 0 fully saturated rings. The van der Waals surface area contributed by atoms with Crippen LogP contribution >= 0.6 is 0 Å². The Morgan fingerprint density at radius 2 is 2.29 bits per heavy atom. The van der Waals surface area contributed by atoms with Gasteiger partial charge in [-0.2, -0.15) is 0 Å². The molecule has 0 aliphatic carbocycles. The fourth-order valence-electron chi connectivity index (χ4n) is 1.66. The Balaban J connectivity index is 2.57. The molecular formula is C12H20N2. The summed E-state index contributed by atoms with van der Waals surface area (Å²) in [7, 11) is 2.02. The molecule has 1 rings (SSSR count). The van der Waals surface area contributed by atoms with Crippen LogP contribution in [0.15, 0.2) is 18.3 Å². The number of aryl methyl sites for hydroxylation is 1. The maximum Gasteiger partial charge on any atom is 0.0421 e. The molecule has 1 aromatic rings. The van der Waals surface area contributed by atoms with Crippen molar-refractivity contribution in [2.75, 3.05) is 7.05 Å². The highest BCUT2D eigenvalue weighted by molar-refractivity contribution is 5.15. The van der Waals surface area contributed by atoms with Gasteiger partial charge < -0.3 is 5.32 Å². The first-order valence-corrected chi connectivity index (χ1v) is 5.35. The van der Waals surface area contributed by atoms with Crippen LogP contribution in [0.4, 0.5) is 0 Å². The summed E-state index contributed by atoms with van der Waals surface area (Å²) in [5.41, 5.74) is 2.49. The third-order valence-electron chi connectivity index (χ3n) is 2.47.